The topological polar surface area (TPSA) is 70.5 Å². The Morgan fingerprint density at radius 3 is 2.53 bits per heavy atom. The summed E-state index contributed by atoms with van der Waals surface area (Å²) in [6.45, 7) is 10.1. The van der Waals surface area contributed by atoms with E-state index in [0.717, 1.165) is 38.3 Å². The number of ether oxygens (including phenoxy) is 1. The molecule has 1 saturated heterocycles. The first kappa shape index (κ1) is 28.1. The summed E-state index contributed by atoms with van der Waals surface area (Å²) in [5.74, 6) is -3.16. The second-order valence-electron chi connectivity index (χ2n) is 11.0. The molecule has 1 fully saturated rings. The maximum atomic E-state index is 15.4. The van der Waals surface area contributed by atoms with Gasteiger partial charge >= 0.3 is 5.92 Å². The summed E-state index contributed by atoms with van der Waals surface area (Å²) in [5, 5.41) is 13.8. The summed E-state index contributed by atoms with van der Waals surface area (Å²) in [6.07, 6.45) is 2.22. The van der Waals surface area contributed by atoms with Gasteiger partial charge in [-0.2, -0.15) is 8.78 Å². The van der Waals surface area contributed by atoms with Gasteiger partial charge in [-0.3, -0.25) is 4.90 Å². The van der Waals surface area contributed by atoms with Crippen LogP contribution in [0.2, 0.25) is 0 Å². The van der Waals surface area contributed by atoms with Gasteiger partial charge in [0.1, 0.15) is 35.4 Å². The molecule has 4 rings (SSSR count). The van der Waals surface area contributed by atoms with E-state index in [1.165, 1.54) is 12.1 Å². The maximum absolute atomic E-state index is 15.4. The molecule has 9 heteroatoms. The van der Waals surface area contributed by atoms with Crippen LogP contribution >= 0.6 is 0 Å². The zero-order valence-corrected chi connectivity index (χ0v) is 23.1. The highest BCUT2D eigenvalue weighted by Gasteiger charge is 2.49. The zero-order chi connectivity index (χ0) is 28.0. The molecule has 38 heavy (non-hydrogen) atoms. The van der Waals surface area contributed by atoms with Crippen LogP contribution in [0.25, 0.3) is 10.9 Å². The highest BCUT2D eigenvalue weighted by Crippen LogP contribution is 2.41. The number of aromatic nitrogens is 2. The number of nitrogens with zero attached hydrogens (tertiary/aromatic N) is 3. The summed E-state index contributed by atoms with van der Waals surface area (Å²) < 4.78 is 51.3. The Morgan fingerprint density at radius 1 is 1.18 bits per heavy atom. The number of nitrogens with one attached hydrogen (secondary N) is 1. The molecule has 0 amide bonds. The maximum Gasteiger partial charge on any atom is 0.303 e. The predicted octanol–water partition coefficient (Wildman–Crippen LogP) is 6.28. The SMILES string of the molecule is Cc1nc(N[C@H](C)c2cccc(C(F)(F)C(C)(C)O)c2F)c2cc(OC[C@@H]3CC[C@H](C)N3C)c(C)cc2n1. The van der Waals surface area contributed by atoms with Crippen molar-refractivity contribution in [3.8, 4) is 5.75 Å². The normalized spacial score (nSPS) is 19.7. The number of fused-ring (bicyclic) bond motifs is 1. The number of aliphatic hydroxyl groups is 1. The molecule has 2 aromatic carbocycles. The molecule has 0 radical (unpaired) electrons. The molecule has 0 saturated carbocycles. The second-order valence-corrected chi connectivity index (χ2v) is 11.0. The van der Waals surface area contributed by atoms with Crippen molar-refractivity contribution in [2.45, 2.75) is 84.0 Å². The summed E-state index contributed by atoms with van der Waals surface area (Å²) >= 11 is 0. The molecule has 3 atom stereocenters. The van der Waals surface area contributed by atoms with Crippen LogP contribution in [0.4, 0.5) is 19.0 Å². The van der Waals surface area contributed by atoms with E-state index in [1.54, 1.807) is 13.8 Å². The first-order valence-corrected chi connectivity index (χ1v) is 13.0. The van der Waals surface area contributed by atoms with Gasteiger partial charge in [-0.05, 0) is 85.2 Å². The fourth-order valence-corrected chi connectivity index (χ4v) is 4.97. The van der Waals surface area contributed by atoms with Crippen LogP contribution in [0.3, 0.4) is 0 Å². The van der Waals surface area contributed by atoms with E-state index in [0.29, 0.717) is 47.0 Å². The van der Waals surface area contributed by atoms with E-state index in [1.807, 2.05) is 19.1 Å². The molecule has 0 aliphatic carbocycles. The fraction of sp³-hybridized carbons (Fsp3) is 0.517. The van der Waals surface area contributed by atoms with Crippen molar-refractivity contribution in [1.29, 1.82) is 0 Å². The number of benzene rings is 2. The molecule has 1 aliphatic rings. The van der Waals surface area contributed by atoms with E-state index >= 15 is 4.39 Å². The minimum Gasteiger partial charge on any atom is -0.492 e. The molecule has 206 valence electrons. The minimum atomic E-state index is -3.78. The molecule has 1 aliphatic heterocycles. The number of alkyl halides is 2. The van der Waals surface area contributed by atoms with Crippen LogP contribution in [0.15, 0.2) is 30.3 Å². The summed E-state index contributed by atoms with van der Waals surface area (Å²) in [4.78, 5) is 11.4. The summed E-state index contributed by atoms with van der Waals surface area (Å²) in [6, 6.07) is 7.79. The van der Waals surface area contributed by atoms with Gasteiger partial charge in [0, 0.05) is 23.0 Å². The average molecular weight is 531 g/mol. The van der Waals surface area contributed by atoms with Crippen LogP contribution in [-0.2, 0) is 5.92 Å². The largest absolute Gasteiger partial charge is 0.492 e. The summed E-state index contributed by atoms with van der Waals surface area (Å²) in [5.41, 5.74) is -1.60. The zero-order valence-electron chi connectivity index (χ0n) is 23.1. The number of anilines is 1. The van der Waals surface area contributed by atoms with E-state index in [2.05, 4.69) is 34.2 Å². The van der Waals surface area contributed by atoms with Crippen molar-refractivity contribution in [2.24, 2.45) is 0 Å². The van der Waals surface area contributed by atoms with Crippen molar-refractivity contribution < 1.29 is 23.0 Å². The van der Waals surface area contributed by atoms with Gasteiger partial charge in [0.15, 0.2) is 0 Å². The Morgan fingerprint density at radius 2 is 1.89 bits per heavy atom. The lowest BCUT2D eigenvalue weighted by Crippen LogP contribution is -2.41. The first-order valence-electron chi connectivity index (χ1n) is 13.0. The van der Waals surface area contributed by atoms with Crippen LogP contribution in [0, 0.1) is 19.7 Å². The van der Waals surface area contributed by atoms with Crippen molar-refractivity contribution in [3.05, 3.63) is 58.7 Å². The Kier molecular flexibility index (Phi) is 7.65. The lowest BCUT2D eigenvalue weighted by Gasteiger charge is -2.30. The Bertz CT molecular complexity index is 1330. The van der Waals surface area contributed by atoms with E-state index in [-0.39, 0.29) is 5.56 Å². The molecule has 0 bridgehead atoms. The number of rotatable bonds is 8. The number of halogens is 3. The van der Waals surface area contributed by atoms with Gasteiger partial charge in [0.2, 0.25) is 0 Å². The second kappa shape index (κ2) is 10.3. The Labute approximate surface area is 222 Å². The van der Waals surface area contributed by atoms with Gasteiger partial charge in [-0.1, -0.05) is 12.1 Å². The third-order valence-corrected chi connectivity index (χ3v) is 7.68. The van der Waals surface area contributed by atoms with Crippen LogP contribution in [-0.4, -0.2) is 51.3 Å². The standard InChI is InChI=1S/C29H37F3N4O2/c1-16-13-24-22(14-25(16)38-15-20-12-11-17(2)36(20)7)27(35-19(4)34-24)33-18(3)21-9-8-10-23(26(21)30)29(31,32)28(5,6)37/h8-10,13-14,17-18,20,37H,11-12,15H2,1-7H3,(H,33,34,35)/t17-,18+,20-/m0/s1. The molecule has 3 aromatic rings. The molecule has 0 unspecified atom stereocenters. The quantitative estimate of drug-likeness (QED) is 0.357. The number of likely N-dealkylation sites (tertiary alicyclic amines) is 1. The molecule has 2 heterocycles. The van der Waals surface area contributed by atoms with Crippen LogP contribution in [0.1, 0.15) is 69.1 Å². The highest BCUT2D eigenvalue weighted by molar-refractivity contribution is 5.91. The van der Waals surface area contributed by atoms with E-state index < -0.39 is 28.9 Å². The highest BCUT2D eigenvalue weighted by atomic mass is 19.3. The Balaban J connectivity index is 1.65. The van der Waals surface area contributed by atoms with E-state index in [9.17, 15) is 13.9 Å². The van der Waals surface area contributed by atoms with Crippen molar-refractivity contribution in [3.63, 3.8) is 0 Å². The van der Waals surface area contributed by atoms with Crippen molar-refractivity contribution >= 4 is 16.7 Å². The lowest BCUT2D eigenvalue weighted by molar-refractivity contribution is -0.170. The number of hydrogen-bond acceptors (Lipinski definition) is 6. The van der Waals surface area contributed by atoms with Gasteiger partial charge in [-0.25, -0.2) is 14.4 Å². The van der Waals surface area contributed by atoms with Gasteiger partial charge in [0.05, 0.1) is 17.1 Å². The third-order valence-electron chi connectivity index (χ3n) is 7.68. The Hall–Kier alpha value is -2.91. The lowest BCUT2D eigenvalue weighted by atomic mass is 9.91. The van der Waals surface area contributed by atoms with E-state index in [4.69, 9.17) is 4.74 Å². The molecular formula is C29H37F3N4O2. The average Bonchev–Trinajstić information content (AvgIpc) is 3.14. The van der Waals surface area contributed by atoms with Gasteiger partial charge in [0.25, 0.3) is 0 Å². The first-order chi connectivity index (χ1) is 17.7. The molecule has 6 nitrogen and oxygen atoms in total. The summed E-state index contributed by atoms with van der Waals surface area (Å²) in [7, 11) is 2.12. The van der Waals surface area contributed by atoms with Gasteiger partial charge in [-0.15, -0.1) is 0 Å². The smallest absolute Gasteiger partial charge is 0.303 e. The minimum absolute atomic E-state index is 0.0396. The third kappa shape index (κ3) is 5.31. The molecular weight excluding hydrogens is 493 g/mol. The van der Waals surface area contributed by atoms with Crippen LogP contribution < -0.4 is 10.1 Å². The molecule has 1 aromatic heterocycles. The van der Waals surface area contributed by atoms with Crippen LogP contribution in [0.5, 0.6) is 5.75 Å². The molecule has 0 spiro atoms. The van der Waals surface area contributed by atoms with Gasteiger partial charge < -0.3 is 15.2 Å². The number of likely N-dealkylation sites (N-methyl/N-ethyl adjacent to an activating group) is 1. The predicted molar refractivity (Wildman–Crippen MR) is 143 cm³/mol. The number of hydrogen-bond donors (Lipinski definition) is 2. The fourth-order valence-electron chi connectivity index (χ4n) is 4.97. The van der Waals surface area contributed by atoms with Crippen molar-refractivity contribution in [1.82, 2.24) is 14.9 Å². The number of aryl methyl sites for hydroxylation is 2. The van der Waals surface area contributed by atoms with Crippen molar-refractivity contribution in [2.75, 3.05) is 19.0 Å². The molecule has 2 N–H and O–H groups in total. The monoisotopic (exact) mass is 530 g/mol.